The second-order valence-corrected chi connectivity index (χ2v) is 7.05. The third-order valence-corrected chi connectivity index (χ3v) is 4.50. The normalized spacial score (nSPS) is 14.9. The molecule has 0 aliphatic carbocycles. The molecule has 0 radical (unpaired) electrons. The van der Waals surface area contributed by atoms with Crippen molar-refractivity contribution in [3.05, 3.63) is 71.8 Å². The number of esters is 1. The highest BCUT2D eigenvalue weighted by molar-refractivity contribution is 5.83. The first kappa shape index (κ1) is 23.1. The molecule has 0 heterocycles. The van der Waals surface area contributed by atoms with Crippen molar-refractivity contribution >= 4 is 17.9 Å². The SMILES string of the molecule is C[C@](O)(N[C@@H](CCc1ccccc1)C(=O)O)C(=O)O[C@@H](Cc1ccccc1)C(=O)O. The molecule has 0 aromatic heterocycles. The second-order valence-electron chi connectivity index (χ2n) is 7.05. The zero-order valence-corrected chi connectivity index (χ0v) is 16.5. The summed E-state index contributed by atoms with van der Waals surface area (Å²) in [4.78, 5) is 35.5. The Balaban J connectivity index is 2.02. The van der Waals surface area contributed by atoms with Gasteiger partial charge in [-0.2, -0.15) is 0 Å². The molecule has 0 amide bonds. The lowest BCUT2D eigenvalue weighted by Crippen LogP contribution is -2.57. The molecule has 0 unspecified atom stereocenters. The highest BCUT2D eigenvalue weighted by atomic mass is 16.6. The highest BCUT2D eigenvalue weighted by Crippen LogP contribution is 2.13. The van der Waals surface area contributed by atoms with Gasteiger partial charge in [0.15, 0.2) is 0 Å². The summed E-state index contributed by atoms with van der Waals surface area (Å²) < 4.78 is 4.98. The Morgan fingerprint density at radius 3 is 1.97 bits per heavy atom. The van der Waals surface area contributed by atoms with Gasteiger partial charge < -0.3 is 20.1 Å². The maximum atomic E-state index is 12.4. The first-order valence-corrected chi connectivity index (χ1v) is 9.43. The average Bonchev–Trinajstić information content (AvgIpc) is 2.71. The van der Waals surface area contributed by atoms with Gasteiger partial charge in [0.25, 0.3) is 0 Å². The summed E-state index contributed by atoms with van der Waals surface area (Å²) in [5.74, 6) is -3.89. The highest BCUT2D eigenvalue weighted by Gasteiger charge is 2.39. The molecule has 4 N–H and O–H groups in total. The van der Waals surface area contributed by atoms with Crippen molar-refractivity contribution in [2.24, 2.45) is 0 Å². The Hall–Kier alpha value is -3.23. The second kappa shape index (κ2) is 10.5. The van der Waals surface area contributed by atoms with E-state index in [9.17, 15) is 29.7 Å². The largest absolute Gasteiger partial charge is 0.480 e. The van der Waals surface area contributed by atoms with E-state index in [1.807, 2.05) is 30.3 Å². The predicted molar refractivity (Wildman–Crippen MR) is 108 cm³/mol. The predicted octanol–water partition coefficient (Wildman–Crippen LogP) is 1.61. The zero-order valence-electron chi connectivity index (χ0n) is 16.5. The van der Waals surface area contributed by atoms with Gasteiger partial charge in [-0.15, -0.1) is 0 Å². The third kappa shape index (κ3) is 6.98. The van der Waals surface area contributed by atoms with Gasteiger partial charge in [0.05, 0.1) is 0 Å². The summed E-state index contributed by atoms with van der Waals surface area (Å²) in [6, 6.07) is 16.5. The molecule has 0 aliphatic rings. The van der Waals surface area contributed by atoms with E-state index in [1.54, 1.807) is 30.3 Å². The number of carbonyl (C=O) groups excluding carboxylic acids is 1. The number of carboxylic acid groups (broad SMARTS) is 2. The lowest BCUT2D eigenvalue weighted by atomic mass is 10.0. The fraction of sp³-hybridized carbons (Fsp3) is 0.318. The minimum absolute atomic E-state index is 0.0889. The van der Waals surface area contributed by atoms with E-state index in [2.05, 4.69) is 5.32 Å². The van der Waals surface area contributed by atoms with Crippen molar-refractivity contribution in [1.29, 1.82) is 0 Å². The Kier molecular flexibility index (Phi) is 8.08. The van der Waals surface area contributed by atoms with Gasteiger partial charge in [-0.25, -0.2) is 9.59 Å². The number of hydrogen-bond acceptors (Lipinski definition) is 6. The van der Waals surface area contributed by atoms with Gasteiger partial charge in [0.1, 0.15) is 6.04 Å². The number of ether oxygens (including phenoxy) is 1. The fourth-order valence-corrected chi connectivity index (χ4v) is 2.86. The molecule has 0 fully saturated rings. The number of carbonyl (C=O) groups is 3. The summed E-state index contributed by atoms with van der Waals surface area (Å²) in [5, 5.41) is 31.6. The quantitative estimate of drug-likeness (QED) is 0.321. The first-order chi connectivity index (χ1) is 14.2. The molecule has 0 aliphatic heterocycles. The van der Waals surface area contributed by atoms with Crippen molar-refractivity contribution < 1.29 is 34.4 Å². The number of benzene rings is 2. The van der Waals surface area contributed by atoms with Crippen LogP contribution in [0.5, 0.6) is 0 Å². The van der Waals surface area contributed by atoms with E-state index in [4.69, 9.17) is 4.74 Å². The van der Waals surface area contributed by atoms with Crippen LogP contribution in [-0.4, -0.2) is 51.1 Å². The van der Waals surface area contributed by atoms with Crippen molar-refractivity contribution in [3.8, 4) is 0 Å². The van der Waals surface area contributed by atoms with Crippen LogP contribution < -0.4 is 5.32 Å². The molecule has 3 atom stereocenters. The van der Waals surface area contributed by atoms with Crippen LogP contribution in [0, 0.1) is 0 Å². The van der Waals surface area contributed by atoms with Crippen LogP contribution in [0.4, 0.5) is 0 Å². The number of nitrogens with one attached hydrogen (secondary N) is 1. The molecule has 2 aromatic carbocycles. The Morgan fingerprint density at radius 2 is 1.47 bits per heavy atom. The molecule has 2 aromatic rings. The number of aliphatic hydroxyl groups is 1. The number of aliphatic carboxylic acids is 2. The summed E-state index contributed by atoms with van der Waals surface area (Å²) in [5.41, 5.74) is -0.845. The average molecular weight is 415 g/mol. The van der Waals surface area contributed by atoms with E-state index < -0.39 is 35.8 Å². The van der Waals surface area contributed by atoms with Gasteiger partial charge in [-0.05, 0) is 30.9 Å². The van der Waals surface area contributed by atoms with Crippen LogP contribution in [0.3, 0.4) is 0 Å². The van der Waals surface area contributed by atoms with E-state index in [0.29, 0.717) is 12.0 Å². The van der Waals surface area contributed by atoms with Crippen LogP contribution >= 0.6 is 0 Å². The summed E-state index contributed by atoms with van der Waals surface area (Å²) >= 11 is 0. The third-order valence-electron chi connectivity index (χ3n) is 4.50. The monoisotopic (exact) mass is 415 g/mol. The molecule has 8 heteroatoms. The summed E-state index contributed by atoms with van der Waals surface area (Å²) in [6.07, 6.45) is -1.11. The van der Waals surface area contributed by atoms with Gasteiger partial charge in [0, 0.05) is 6.42 Å². The molecular weight excluding hydrogens is 390 g/mol. The van der Waals surface area contributed by atoms with Crippen molar-refractivity contribution in [1.82, 2.24) is 5.32 Å². The van der Waals surface area contributed by atoms with E-state index in [1.165, 1.54) is 0 Å². The Morgan fingerprint density at radius 1 is 0.933 bits per heavy atom. The topological polar surface area (TPSA) is 133 Å². The number of carboxylic acids is 2. The molecule has 30 heavy (non-hydrogen) atoms. The number of hydrogen-bond donors (Lipinski definition) is 4. The number of aryl methyl sites for hydroxylation is 1. The zero-order chi connectivity index (χ0) is 22.1. The fourth-order valence-electron chi connectivity index (χ4n) is 2.86. The molecule has 0 saturated carbocycles. The first-order valence-electron chi connectivity index (χ1n) is 9.43. The summed E-state index contributed by atoms with van der Waals surface area (Å²) in [6.45, 7) is 1.04. The maximum absolute atomic E-state index is 12.4. The van der Waals surface area contributed by atoms with Gasteiger partial charge >= 0.3 is 17.9 Å². The molecule has 0 saturated heterocycles. The summed E-state index contributed by atoms with van der Waals surface area (Å²) in [7, 11) is 0. The van der Waals surface area contributed by atoms with E-state index in [-0.39, 0.29) is 12.8 Å². The minimum atomic E-state index is -2.38. The van der Waals surface area contributed by atoms with Crippen molar-refractivity contribution in [2.45, 2.75) is 44.1 Å². The van der Waals surface area contributed by atoms with Crippen LogP contribution in [0.2, 0.25) is 0 Å². The maximum Gasteiger partial charge on any atom is 0.354 e. The van der Waals surface area contributed by atoms with Crippen molar-refractivity contribution in [3.63, 3.8) is 0 Å². The van der Waals surface area contributed by atoms with Gasteiger partial charge in [0.2, 0.25) is 11.8 Å². The van der Waals surface area contributed by atoms with Crippen LogP contribution in [0.15, 0.2) is 60.7 Å². The van der Waals surface area contributed by atoms with E-state index >= 15 is 0 Å². The molecule has 160 valence electrons. The molecule has 0 bridgehead atoms. The van der Waals surface area contributed by atoms with Crippen LogP contribution in [0.1, 0.15) is 24.5 Å². The molecule has 2 rings (SSSR count). The molecule has 8 nitrogen and oxygen atoms in total. The van der Waals surface area contributed by atoms with Crippen LogP contribution in [-0.2, 0) is 32.0 Å². The minimum Gasteiger partial charge on any atom is -0.480 e. The lowest BCUT2D eigenvalue weighted by molar-refractivity contribution is -0.181. The van der Waals surface area contributed by atoms with Gasteiger partial charge in [-0.1, -0.05) is 60.7 Å². The van der Waals surface area contributed by atoms with Crippen LogP contribution in [0.25, 0.3) is 0 Å². The lowest BCUT2D eigenvalue weighted by Gasteiger charge is -2.28. The standard InChI is InChI=1S/C22H25NO7/c1-22(29,23-17(19(24)25)13-12-15-8-4-2-5-9-15)21(28)30-18(20(26)27)14-16-10-6-3-7-11-16/h2-11,17-18,23,29H,12-14H2,1H3,(H,24,25)(H,26,27)/t17-,18-,22+/m0/s1. The Bertz CT molecular complexity index is 852. The smallest absolute Gasteiger partial charge is 0.354 e. The number of rotatable bonds is 11. The van der Waals surface area contributed by atoms with Gasteiger partial charge in [-0.3, -0.25) is 10.1 Å². The van der Waals surface area contributed by atoms with E-state index in [0.717, 1.165) is 12.5 Å². The molecular formula is C22H25NO7. The molecule has 0 spiro atoms. The Labute approximate surface area is 174 Å². The van der Waals surface area contributed by atoms with Crippen molar-refractivity contribution in [2.75, 3.05) is 0 Å².